The van der Waals surface area contributed by atoms with E-state index >= 15 is 0 Å². The third-order valence-corrected chi connectivity index (χ3v) is 6.80. The maximum atomic E-state index is 13.6. The summed E-state index contributed by atoms with van der Waals surface area (Å²) in [5.74, 6) is 0.263. The molecule has 0 aliphatic rings. The molecule has 0 amide bonds. The van der Waals surface area contributed by atoms with Crippen molar-refractivity contribution >= 4 is 44.8 Å². The minimum atomic E-state index is -0.331. The first-order chi connectivity index (χ1) is 13.9. The molecule has 0 N–H and O–H groups in total. The number of fused-ring (bicyclic) bond motifs is 1. The van der Waals surface area contributed by atoms with Crippen molar-refractivity contribution in [1.29, 1.82) is 0 Å². The first-order valence-electron chi connectivity index (χ1n) is 9.11. The molecule has 2 aromatic carbocycles. The monoisotopic (exact) mass is 446 g/mol. The zero-order chi connectivity index (χ0) is 20.7. The molecular formula is C22H17Cl2FN2OS. The summed E-state index contributed by atoms with van der Waals surface area (Å²) in [4.78, 5) is 19.9. The van der Waals surface area contributed by atoms with Crippen LogP contribution in [-0.2, 0) is 13.0 Å². The van der Waals surface area contributed by atoms with Gasteiger partial charge in [-0.2, -0.15) is 0 Å². The van der Waals surface area contributed by atoms with Crippen LogP contribution < -0.4 is 5.56 Å². The van der Waals surface area contributed by atoms with Crippen LogP contribution in [0.3, 0.4) is 0 Å². The molecular weight excluding hydrogens is 430 g/mol. The summed E-state index contributed by atoms with van der Waals surface area (Å²) >= 11 is 13.8. The highest BCUT2D eigenvalue weighted by Crippen LogP contribution is 2.38. The number of thiophene rings is 1. The van der Waals surface area contributed by atoms with Gasteiger partial charge in [0.25, 0.3) is 5.56 Å². The van der Waals surface area contributed by atoms with Crippen LogP contribution in [0.15, 0.2) is 47.3 Å². The zero-order valence-corrected chi connectivity index (χ0v) is 18.1. The van der Waals surface area contributed by atoms with Crippen LogP contribution in [0.5, 0.6) is 0 Å². The van der Waals surface area contributed by atoms with Gasteiger partial charge in [-0.05, 0) is 48.7 Å². The van der Waals surface area contributed by atoms with E-state index < -0.39 is 0 Å². The minimum absolute atomic E-state index is 0.145. The van der Waals surface area contributed by atoms with Crippen molar-refractivity contribution in [3.63, 3.8) is 0 Å². The minimum Gasteiger partial charge on any atom is -0.292 e. The Morgan fingerprint density at radius 2 is 1.93 bits per heavy atom. The van der Waals surface area contributed by atoms with Crippen LogP contribution >= 0.6 is 34.5 Å². The van der Waals surface area contributed by atoms with Crippen LogP contribution in [-0.4, -0.2) is 9.55 Å². The third kappa shape index (κ3) is 3.70. The van der Waals surface area contributed by atoms with Gasteiger partial charge >= 0.3 is 0 Å². The Balaban J connectivity index is 1.96. The van der Waals surface area contributed by atoms with Gasteiger partial charge in [0.2, 0.25) is 0 Å². The quantitative estimate of drug-likeness (QED) is 0.359. The molecule has 29 heavy (non-hydrogen) atoms. The number of halogens is 3. The number of aryl methyl sites for hydroxylation is 2. The van der Waals surface area contributed by atoms with E-state index in [1.54, 1.807) is 35.8 Å². The average Bonchev–Trinajstić information content (AvgIpc) is 3.06. The SMILES string of the molecule is CCc1sc2nc(C)n(Cc3cccc(F)c3)c(=O)c2c1-c1ccc(Cl)c(Cl)c1. The Kier molecular flexibility index (Phi) is 5.47. The molecule has 2 aromatic heterocycles. The van der Waals surface area contributed by atoms with Gasteiger partial charge in [0.05, 0.1) is 22.0 Å². The zero-order valence-electron chi connectivity index (χ0n) is 15.8. The van der Waals surface area contributed by atoms with Gasteiger partial charge in [-0.15, -0.1) is 11.3 Å². The lowest BCUT2D eigenvalue weighted by molar-refractivity contribution is 0.621. The van der Waals surface area contributed by atoms with Gasteiger partial charge in [-0.25, -0.2) is 9.37 Å². The molecule has 0 aliphatic carbocycles. The Bertz CT molecular complexity index is 1300. The Morgan fingerprint density at radius 3 is 2.62 bits per heavy atom. The molecule has 0 spiro atoms. The van der Waals surface area contributed by atoms with Crippen molar-refractivity contribution < 1.29 is 4.39 Å². The first-order valence-corrected chi connectivity index (χ1v) is 10.7. The number of hydrogen-bond acceptors (Lipinski definition) is 3. The van der Waals surface area contributed by atoms with Crippen molar-refractivity contribution in [3.8, 4) is 11.1 Å². The fourth-order valence-corrected chi connectivity index (χ4v) is 4.91. The van der Waals surface area contributed by atoms with Gasteiger partial charge in [0.15, 0.2) is 0 Å². The molecule has 4 rings (SSSR count). The third-order valence-electron chi connectivity index (χ3n) is 4.83. The molecule has 0 saturated heterocycles. The molecule has 0 unspecified atom stereocenters. The standard InChI is InChI=1S/C22H17Cl2FN2OS/c1-3-18-19(14-7-8-16(23)17(24)10-14)20-21(29-18)26-12(2)27(22(20)28)11-13-5-4-6-15(25)9-13/h4-10H,3,11H2,1-2H3. The smallest absolute Gasteiger partial charge is 0.263 e. The van der Waals surface area contributed by atoms with Crippen molar-refractivity contribution in [2.45, 2.75) is 26.8 Å². The predicted molar refractivity (Wildman–Crippen MR) is 119 cm³/mol. The van der Waals surface area contributed by atoms with E-state index in [1.807, 2.05) is 13.0 Å². The summed E-state index contributed by atoms with van der Waals surface area (Å²) in [6.07, 6.45) is 0.763. The lowest BCUT2D eigenvalue weighted by Crippen LogP contribution is -2.24. The van der Waals surface area contributed by atoms with Gasteiger partial charge in [-0.1, -0.05) is 48.3 Å². The fraction of sp³-hybridized carbons (Fsp3) is 0.182. The molecule has 0 fully saturated rings. The molecule has 0 radical (unpaired) electrons. The Hall–Kier alpha value is -2.21. The Labute approximate surface area is 181 Å². The van der Waals surface area contributed by atoms with Crippen LogP contribution in [0, 0.1) is 12.7 Å². The number of benzene rings is 2. The van der Waals surface area contributed by atoms with E-state index in [-0.39, 0.29) is 17.9 Å². The van der Waals surface area contributed by atoms with Crippen LogP contribution in [0.1, 0.15) is 23.2 Å². The van der Waals surface area contributed by atoms with E-state index in [0.29, 0.717) is 31.6 Å². The number of nitrogens with zero attached hydrogens (tertiary/aromatic N) is 2. The summed E-state index contributed by atoms with van der Waals surface area (Å²) < 4.78 is 15.2. The van der Waals surface area contributed by atoms with Crippen molar-refractivity contribution in [3.05, 3.63) is 84.9 Å². The molecule has 2 heterocycles. The van der Waals surface area contributed by atoms with Crippen molar-refractivity contribution in [1.82, 2.24) is 9.55 Å². The second-order valence-corrected chi connectivity index (χ2v) is 8.64. The maximum Gasteiger partial charge on any atom is 0.263 e. The lowest BCUT2D eigenvalue weighted by Gasteiger charge is -2.11. The van der Waals surface area contributed by atoms with Crippen LogP contribution in [0.2, 0.25) is 10.0 Å². The topological polar surface area (TPSA) is 34.9 Å². The van der Waals surface area contributed by atoms with Gasteiger partial charge in [0, 0.05) is 10.4 Å². The Morgan fingerprint density at radius 1 is 1.14 bits per heavy atom. The normalized spacial score (nSPS) is 11.3. The fourth-order valence-electron chi connectivity index (χ4n) is 3.44. The summed E-state index contributed by atoms with van der Waals surface area (Å²) in [5, 5.41) is 1.46. The second-order valence-electron chi connectivity index (χ2n) is 6.74. The average molecular weight is 447 g/mol. The van der Waals surface area contributed by atoms with Gasteiger partial charge in [-0.3, -0.25) is 9.36 Å². The van der Waals surface area contributed by atoms with E-state index in [2.05, 4.69) is 4.98 Å². The highest BCUT2D eigenvalue weighted by molar-refractivity contribution is 7.19. The molecule has 0 bridgehead atoms. The summed E-state index contributed by atoms with van der Waals surface area (Å²) in [7, 11) is 0. The summed E-state index contributed by atoms with van der Waals surface area (Å²) in [6, 6.07) is 11.6. The molecule has 0 saturated carbocycles. The highest BCUT2D eigenvalue weighted by Gasteiger charge is 2.20. The van der Waals surface area contributed by atoms with E-state index in [1.165, 1.54) is 23.5 Å². The molecule has 0 aliphatic heterocycles. The predicted octanol–water partition coefficient (Wildman–Crippen LogP) is 6.49. The number of rotatable bonds is 4. The molecule has 7 heteroatoms. The second kappa shape index (κ2) is 7.90. The van der Waals surface area contributed by atoms with E-state index in [0.717, 1.165) is 22.4 Å². The molecule has 148 valence electrons. The largest absolute Gasteiger partial charge is 0.292 e. The summed E-state index contributed by atoms with van der Waals surface area (Å²) in [5.41, 5.74) is 2.24. The number of aromatic nitrogens is 2. The summed E-state index contributed by atoms with van der Waals surface area (Å²) in [6.45, 7) is 4.09. The molecule has 0 atom stereocenters. The first kappa shape index (κ1) is 20.1. The lowest BCUT2D eigenvalue weighted by atomic mass is 10.0. The van der Waals surface area contributed by atoms with E-state index in [9.17, 15) is 9.18 Å². The van der Waals surface area contributed by atoms with Gasteiger partial charge < -0.3 is 0 Å². The molecule has 3 nitrogen and oxygen atoms in total. The van der Waals surface area contributed by atoms with Crippen molar-refractivity contribution in [2.24, 2.45) is 0 Å². The van der Waals surface area contributed by atoms with Crippen LogP contribution in [0.25, 0.3) is 21.3 Å². The maximum absolute atomic E-state index is 13.6. The number of hydrogen-bond donors (Lipinski definition) is 0. The van der Waals surface area contributed by atoms with Crippen molar-refractivity contribution in [2.75, 3.05) is 0 Å². The van der Waals surface area contributed by atoms with Gasteiger partial charge in [0.1, 0.15) is 16.5 Å². The van der Waals surface area contributed by atoms with E-state index in [4.69, 9.17) is 23.2 Å². The highest BCUT2D eigenvalue weighted by atomic mass is 35.5. The molecule has 4 aromatic rings. The van der Waals surface area contributed by atoms with Crippen LogP contribution in [0.4, 0.5) is 4.39 Å².